The molecule has 1 aliphatic rings. The first-order chi connectivity index (χ1) is 13.8. The number of rotatable bonds is 5. The van der Waals surface area contributed by atoms with Gasteiger partial charge in [-0.3, -0.25) is 9.59 Å². The van der Waals surface area contributed by atoms with Crippen LogP contribution in [0, 0.1) is 13.8 Å². The number of piperazine rings is 1. The zero-order valence-electron chi connectivity index (χ0n) is 17.5. The van der Waals surface area contributed by atoms with Crippen molar-refractivity contribution in [3.8, 4) is 0 Å². The predicted molar refractivity (Wildman–Crippen MR) is 117 cm³/mol. The molecule has 1 saturated heterocycles. The van der Waals surface area contributed by atoms with E-state index >= 15 is 0 Å². The Kier molecular flexibility index (Phi) is 6.52. The maximum Gasteiger partial charge on any atom is 0.253 e. The molecule has 1 N–H and O–H groups in total. The van der Waals surface area contributed by atoms with Crippen LogP contribution in [0.2, 0.25) is 5.02 Å². The van der Waals surface area contributed by atoms with E-state index in [9.17, 15) is 9.59 Å². The van der Waals surface area contributed by atoms with Crippen molar-refractivity contribution in [2.45, 2.75) is 33.7 Å². The summed E-state index contributed by atoms with van der Waals surface area (Å²) in [7, 11) is 0. The molecular formula is C22H29ClN4O2. The Morgan fingerprint density at radius 2 is 1.79 bits per heavy atom. The third-order valence-corrected chi connectivity index (χ3v) is 5.69. The number of hydrogen-bond donors (Lipinski definition) is 1. The van der Waals surface area contributed by atoms with Crippen molar-refractivity contribution in [1.29, 1.82) is 0 Å². The summed E-state index contributed by atoms with van der Waals surface area (Å²) < 4.78 is 2.13. The molecule has 156 valence electrons. The van der Waals surface area contributed by atoms with E-state index in [4.69, 9.17) is 11.6 Å². The van der Waals surface area contributed by atoms with Crippen LogP contribution in [-0.2, 0) is 4.79 Å². The van der Waals surface area contributed by atoms with Crippen LogP contribution in [0.3, 0.4) is 0 Å². The van der Waals surface area contributed by atoms with Gasteiger partial charge >= 0.3 is 0 Å². The number of halogens is 1. The summed E-state index contributed by atoms with van der Waals surface area (Å²) in [5.41, 5.74) is 3.68. The fraction of sp³-hybridized carbons (Fsp3) is 0.455. The first-order valence-corrected chi connectivity index (χ1v) is 10.4. The normalized spacial score (nSPS) is 14.4. The van der Waals surface area contributed by atoms with Crippen LogP contribution in [0.5, 0.6) is 0 Å². The van der Waals surface area contributed by atoms with Gasteiger partial charge < -0.3 is 19.7 Å². The van der Waals surface area contributed by atoms with Crippen LogP contribution in [0.4, 0.5) is 5.69 Å². The highest BCUT2D eigenvalue weighted by molar-refractivity contribution is 6.30. The maximum atomic E-state index is 12.6. The number of carbonyl (C=O) groups is 2. The lowest BCUT2D eigenvalue weighted by Crippen LogP contribution is -2.51. The average Bonchev–Trinajstić information content (AvgIpc) is 3.00. The quantitative estimate of drug-likeness (QED) is 0.812. The Morgan fingerprint density at radius 3 is 2.38 bits per heavy atom. The van der Waals surface area contributed by atoms with Gasteiger partial charge in [0.1, 0.15) is 0 Å². The van der Waals surface area contributed by atoms with Gasteiger partial charge in [0.05, 0.1) is 12.1 Å². The highest BCUT2D eigenvalue weighted by Gasteiger charge is 2.23. The van der Waals surface area contributed by atoms with Crippen LogP contribution in [0.1, 0.15) is 41.6 Å². The molecule has 2 aromatic rings. The van der Waals surface area contributed by atoms with E-state index in [2.05, 4.69) is 28.6 Å². The van der Waals surface area contributed by atoms with Crippen LogP contribution in [0.15, 0.2) is 30.3 Å². The van der Waals surface area contributed by atoms with Crippen molar-refractivity contribution >= 4 is 29.1 Å². The molecule has 3 rings (SSSR count). The number of nitrogens with zero attached hydrogens (tertiary/aromatic N) is 3. The molecule has 7 heteroatoms. The van der Waals surface area contributed by atoms with Gasteiger partial charge in [0.25, 0.3) is 5.91 Å². The zero-order chi connectivity index (χ0) is 21.1. The Labute approximate surface area is 177 Å². The molecule has 0 spiro atoms. The van der Waals surface area contributed by atoms with E-state index in [1.165, 1.54) is 0 Å². The highest BCUT2D eigenvalue weighted by atomic mass is 35.5. The van der Waals surface area contributed by atoms with Crippen LogP contribution in [0.25, 0.3) is 0 Å². The van der Waals surface area contributed by atoms with Gasteiger partial charge in [0.15, 0.2) is 0 Å². The second-order valence-electron chi connectivity index (χ2n) is 7.78. The Hall–Kier alpha value is -2.47. The molecule has 1 aliphatic heterocycles. The summed E-state index contributed by atoms with van der Waals surface area (Å²) in [6, 6.07) is 9.92. The summed E-state index contributed by atoms with van der Waals surface area (Å²) in [5.74, 6) is -0.252. The van der Waals surface area contributed by atoms with E-state index in [0.717, 1.165) is 30.2 Å². The molecule has 6 nitrogen and oxygen atoms in total. The van der Waals surface area contributed by atoms with Crippen molar-refractivity contribution in [2.24, 2.45) is 0 Å². The average molecular weight is 417 g/mol. The van der Waals surface area contributed by atoms with E-state index in [0.29, 0.717) is 23.7 Å². The van der Waals surface area contributed by atoms with E-state index < -0.39 is 0 Å². The molecule has 0 atom stereocenters. The largest absolute Gasteiger partial charge is 0.368 e. The number of carbonyl (C=O) groups excluding carboxylic acids is 2. The summed E-state index contributed by atoms with van der Waals surface area (Å²) in [6.45, 7) is 10.9. The minimum absolute atomic E-state index is 0.0152. The SMILES string of the molecule is Cc1cc(C(=O)NCC(=O)N2CCN(c3cccc(Cl)c3)CC2)c(C)n1C(C)C. The van der Waals surface area contributed by atoms with Gasteiger partial charge in [-0.25, -0.2) is 0 Å². The first kappa shape index (κ1) is 21.2. The van der Waals surface area contributed by atoms with Crippen LogP contribution >= 0.6 is 11.6 Å². The number of benzene rings is 1. The lowest BCUT2D eigenvalue weighted by Gasteiger charge is -2.36. The fourth-order valence-electron chi connectivity index (χ4n) is 4.05. The number of aryl methyl sites for hydroxylation is 1. The second-order valence-corrected chi connectivity index (χ2v) is 8.22. The first-order valence-electron chi connectivity index (χ1n) is 10.0. The van der Waals surface area contributed by atoms with Gasteiger partial charge in [0.2, 0.25) is 5.91 Å². The van der Waals surface area contributed by atoms with Crippen molar-refractivity contribution in [1.82, 2.24) is 14.8 Å². The number of nitrogens with one attached hydrogen (secondary N) is 1. The molecular weight excluding hydrogens is 388 g/mol. The van der Waals surface area contributed by atoms with E-state index in [-0.39, 0.29) is 24.4 Å². The Morgan fingerprint density at radius 1 is 1.10 bits per heavy atom. The standard InChI is InChI=1S/C22H29ClN4O2/c1-15(2)27-16(3)12-20(17(27)4)22(29)24-14-21(28)26-10-8-25(9-11-26)19-7-5-6-18(23)13-19/h5-7,12-13,15H,8-11,14H2,1-4H3,(H,24,29). The van der Waals surface area contributed by atoms with Crippen molar-refractivity contribution < 1.29 is 9.59 Å². The molecule has 29 heavy (non-hydrogen) atoms. The smallest absolute Gasteiger partial charge is 0.253 e. The Bertz CT molecular complexity index is 898. The number of amides is 2. The Balaban J connectivity index is 1.53. The van der Waals surface area contributed by atoms with Gasteiger partial charge in [-0.05, 0) is 52.0 Å². The second kappa shape index (κ2) is 8.91. The maximum absolute atomic E-state index is 12.6. The van der Waals surface area contributed by atoms with E-state index in [1.54, 1.807) is 4.90 Å². The zero-order valence-corrected chi connectivity index (χ0v) is 18.3. The molecule has 0 bridgehead atoms. The molecule has 0 aliphatic carbocycles. The number of hydrogen-bond acceptors (Lipinski definition) is 3. The van der Waals surface area contributed by atoms with Gasteiger partial charge in [-0.1, -0.05) is 17.7 Å². The number of anilines is 1. The highest BCUT2D eigenvalue weighted by Crippen LogP contribution is 2.21. The molecule has 0 saturated carbocycles. The van der Waals surface area contributed by atoms with Gasteiger partial charge in [0, 0.05) is 54.3 Å². The third kappa shape index (κ3) is 4.75. The van der Waals surface area contributed by atoms with Crippen LogP contribution in [-0.4, -0.2) is 54.0 Å². The summed E-state index contributed by atoms with van der Waals surface area (Å²) >= 11 is 6.07. The van der Waals surface area contributed by atoms with Crippen molar-refractivity contribution in [3.05, 3.63) is 52.3 Å². The lowest BCUT2D eigenvalue weighted by atomic mass is 10.2. The monoisotopic (exact) mass is 416 g/mol. The minimum atomic E-state index is -0.198. The summed E-state index contributed by atoms with van der Waals surface area (Å²) in [5, 5.41) is 3.50. The van der Waals surface area contributed by atoms with Crippen molar-refractivity contribution in [3.63, 3.8) is 0 Å². The molecule has 0 unspecified atom stereocenters. The molecule has 1 fully saturated rings. The van der Waals surface area contributed by atoms with Crippen LogP contribution < -0.4 is 10.2 Å². The fourth-order valence-corrected chi connectivity index (χ4v) is 4.24. The topological polar surface area (TPSA) is 57.6 Å². The molecule has 1 aromatic carbocycles. The van der Waals surface area contributed by atoms with Crippen molar-refractivity contribution in [2.75, 3.05) is 37.6 Å². The predicted octanol–water partition coefficient (Wildman–Crippen LogP) is 3.42. The van der Waals surface area contributed by atoms with Gasteiger partial charge in [-0.15, -0.1) is 0 Å². The van der Waals surface area contributed by atoms with E-state index in [1.807, 2.05) is 44.2 Å². The summed E-state index contributed by atoms with van der Waals surface area (Å²) in [6.07, 6.45) is 0. The van der Waals surface area contributed by atoms with Gasteiger partial charge in [-0.2, -0.15) is 0 Å². The third-order valence-electron chi connectivity index (χ3n) is 5.45. The summed E-state index contributed by atoms with van der Waals surface area (Å²) in [4.78, 5) is 29.2. The number of aromatic nitrogens is 1. The molecule has 1 aromatic heterocycles. The molecule has 2 heterocycles. The lowest BCUT2D eigenvalue weighted by molar-refractivity contribution is -0.130. The molecule has 0 radical (unpaired) electrons. The molecule has 2 amide bonds. The minimum Gasteiger partial charge on any atom is -0.368 e.